The molecule has 1 N–H and O–H groups in total. The van der Waals surface area contributed by atoms with Gasteiger partial charge in [0.25, 0.3) is 0 Å². The maximum atomic E-state index is 12.7. The first-order chi connectivity index (χ1) is 12.5. The summed E-state index contributed by atoms with van der Waals surface area (Å²) in [5, 5.41) is 3.49. The van der Waals surface area contributed by atoms with Gasteiger partial charge in [0, 0.05) is 26.2 Å². The van der Waals surface area contributed by atoms with Gasteiger partial charge in [-0.3, -0.25) is 9.69 Å². The zero-order valence-corrected chi connectivity index (χ0v) is 17.8. The highest BCUT2D eigenvalue weighted by Crippen LogP contribution is 2.27. The van der Waals surface area contributed by atoms with Crippen LogP contribution in [0.1, 0.15) is 38.8 Å². The summed E-state index contributed by atoms with van der Waals surface area (Å²) in [4.78, 5) is 28.6. The number of piperazine rings is 1. The van der Waals surface area contributed by atoms with E-state index in [4.69, 9.17) is 16.3 Å². The molecule has 1 saturated heterocycles. The molecule has 0 spiro atoms. The third-order valence-corrected chi connectivity index (χ3v) is 4.87. The molecular weight excluding hydrogens is 366 g/mol. The number of nitrogens with one attached hydrogen (secondary N) is 1. The van der Waals surface area contributed by atoms with Crippen LogP contribution < -0.4 is 5.32 Å². The molecule has 6 nitrogen and oxygen atoms in total. The fraction of sp³-hybridized carbons (Fsp3) is 0.600. The van der Waals surface area contributed by atoms with E-state index in [1.54, 1.807) is 4.90 Å². The molecule has 1 aromatic carbocycles. The predicted octanol–water partition coefficient (Wildman–Crippen LogP) is 3.84. The lowest BCUT2D eigenvalue weighted by atomic mass is 10.1. The second-order valence-electron chi connectivity index (χ2n) is 8.11. The number of ether oxygens (including phenoxy) is 1. The van der Waals surface area contributed by atoms with E-state index in [9.17, 15) is 9.59 Å². The Hall–Kier alpha value is -1.79. The van der Waals surface area contributed by atoms with Gasteiger partial charge in [-0.15, -0.1) is 0 Å². The second kappa shape index (κ2) is 8.48. The van der Waals surface area contributed by atoms with Crippen molar-refractivity contribution in [3.8, 4) is 0 Å². The molecule has 150 valence electrons. The normalized spacial score (nSPS) is 16.8. The van der Waals surface area contributed by atoms with Crippen molar-refractivity contribution in [1.29, 1.82) is 0 Å². The van der Waals surface area contributed by atoms with Crippen LogP contribution in [0.4, 0.5) is 10.5 Å². The Bertz CT molecular complexity index is 684. The van der Waals surface area contributed by atoms with Gasteiger partial charge >= 0.3 is 6.09 Å². The molecule has 7 heteroatoms. The Morgan fingerprint density at radius 2 is 1.74 bits per heavy atom. The van der Waals surface area contributed by atoms with Crippen molar-refractivity contribution in [3.05, 3.63) is 28.3 Å². The molecule has 2 amide bonds. The molecule has 1 aliphatic heterocycles. The van der Waals surface area contributed by atoms with Crippen LogP contribution in [0, 0.1) is 13.8 Å². The van der Waals surface area contributed by atoms with Gasteiger partial charge in [0.2, 0.25) is 5.91 Å². The van der Waals surface area contributed by atoms with Crippen LogP contribution in [0.25, 0.3) is 0 Å². The van der Waals surface area contributed by atoms with Gasteiger partial charge in [-0.05, 0) is 58.7 Å². The average molecular weight is 396 g/mol. The summed E-state index contributed by atoms with van der Waals surface area (Å²) < 4.78 is 5.41. The van der Waals surface area contributed by atoms with Crippen molar-refractivity contribution in [1.82, 2.24) is 9.80 Å². The SMILES string of the molecule is Cc1cc(C)c(NC(=O)C(C)N2CCN(C(=O)OC(C)(C)C)CC2)c(Cl)c1. The topological polar surface area (TPSA) is 61.9 Å². The number of nitrogens with zero attached hydrogens (tertiary/aromatic N) is 2. The monoisotopic (exact) mass is 395 g/mol. The van der Waals surface area contributed by atoms with Crippen molar-refractivity contribution >= 4 is 29.3 Å². The van der Waals surface area contributed by atoms with Crippen LogP contribution in [0.3, 0.4) is 0 Å². The molecule has 2 rings (SSSR count). The Kier molecular flexibility index (Phi) is 6.76. The number of carbonyl (C=O) groups is 2. The number of aryl methyl sites for hydroxylation is 2. The second-order valence-corrected chi connectivity index (χ2v) is 8.51. The molecule has 0 aromatic heterocycles. The highest BCUT2D eigenvalue weighted by molar-refractivity contribution is 6.34. The molecular formula is C20H30ClN3O3. The summed E-state index contributed by atoms with van der Waals surface area (Å²) in [7, 11) is 0. The van der Waals surface area contributed by atoms with Crippen LogP contribution in [0.5, 0.6) is 0 Å². The van der Waals surface area contributed by atoms with E-state index in [0.29, 0.717) is 36.9 Å². The molecule has 0 saturated carbocycles. The molecule has 0 aliphatic carbocycles. The maximum Gasteiger partial charge on any atom is 0.410 e. The number of rotatable bonds is 3. The summed E-state index contributed by atoms with van der Waals surface area (Å²) in [6, 6.07) is 3.52. The lowest BCUT2D eigenvalue weighted by Gasteiger charge is -2.37. The van der Waals surface area contributed by atoms with Crippen molar-refractivity contribution in [3.63, 3.8) is 0 Å². The molecule has 1 aromatic rings. The van der Waals surface area contributed by atoms with Crippen molar-refractivity contribution in [2.45, 2.75) is 53.2 Å². The Labute approximate surface area is 166 Å². The largest absolute Gasteiger partial charge is 0.444 e. The molecule has 0 radical (unpaired) electrons. The zero-order valence-electron chi connectivity index (χ0n) is 17.1. The molecule has 1 heterocycles. The Morgan fingerprint density at radius 1 is 1.15 bits per heavy atom. The number of amides is 2. The van der Waals surface area contributed by atoms with E-state index in [1.807, 2.05) is 53.7 Å². The molecule has 1 atom stereocenters. The van der Waals surface area contributed by atoms with Crippen molar-refractivity contribution < 1.29 is 14.3 Å². The number of benzene rings is 1. The van der Waals surface area contributed by atoms with Crippen molar-refractivity contribution in [2.24, 2.45) is 0 Å². The summed E-state index contributed by atoms with van der Waals surface area (Å²) in [6.45, 7) is 13.6. The Morgan fingerprint density at radius 3 is 2.26 bits per heavy atom. The maximum absolute atomic E-state index is 12.7. The quantitative estimate of drug-likeness (QED) is 0.844. The lowest BCUT2D eigenvalue weighted by molar-refractivity contribution is -0.121. The van der Waals surface area contributed by atoms with Crippen LogP contribution in [-0.4, -0.2) is 59.6 Å². The van der Waals surface area contributed by atoms with Gasteiger partial charge in [0.15, 0.2) is 0 Å². The summed E-state index contributed by atoms with van der Waals surface area (Å²) in [6.07, 6.45) is -0.304. The zero-order chi connectivity index (χ0) is 20.4. The van der Waals surface area contributed by atoms with Gasteiger partial charge in [0.05, 0.1) is 16.8 Å². The number of hydrogen-bond donors (Lipinski definition) is 1. The summed E-state index contributed by atoms with van der Waals surface area (Å²) in [5.74, 6) is -0.102. The van der Waals surface area contributed by atoms with E-state index in [-0.39, 0.29) is 18.0 Å². The van der Waals surface area contributed by atoms with Crippen molar-refractivity contribution in [2.75, 3.05) is 31.5 Å². The van der Waals surface area contributed by atoms with E-state index >= 15 is 0 Å². The Balaban J connectivity index is 1.93. The van der Waals surface area contributed by atoms with Gasteiger partial charge < -0.3 is 15.0 Å². The third kappa shape index (κ3) is 5.84. The van der Waals surface area contributed by atoms with E-state index in [1.165, 1.54) is 0 Å². The van der Waals surface area contributed by atoms with Gasteiger partial charge in [-0.2, -0.15) is 0 Å². The number of halogens is 1. The highest BCUT2D eigenvalue weighted by Gasteiger charge is 2.30. The highest BCUT2D eigenvalue weighted by atomic mass is 35.5. The van der Waals surface area contributed by atoms with E-state index in [0.717, 1.165) is 11.1 Å². The molecule has 1 aliphatic rings. The van der Waals surface area contributed by atoms with E-state index < -0.39 is 5.60 Å². The number of anilines is 1. The first-order valence-corrected chi connectivity index (χ1v) is 9.65. The van der Waals surface area contributed by atoms with Crippen LogP contribution in [0.2, 0.25) is 5.02 Å². The summed E-state index contributed by atoms with van der Waals surface area (Å²) in [5.41, 5.74) is 2.15. The molecule has 1 fully saturated rings. The van der Waals surface area contributed by atoms with E-state index in [2.05, 4.69) is 10.2 Å². The predicted molar refractivity (Wildman–Crippen MR) is 108 cm³/mol. The average Bonchev–Trinajstić information content (AvgIpc) is 2.55. The van der Waals surface area contributed by atoms with Crippen LogP contribution in [-0.2, 0) is 9.53 Å². The van der Waals surface area contributed by atoms with Gasteiger partial charge in [0.1, 0.15) is 5.60 Å². The third-order valence-electron chi connectivity index (χ3n) is 4.57. The number of hydrogen-bond acceptors (Lipinski definition) is 4. The van der Waals surface area contributed by atoms with Gasteiger partial charge in [-0.1, -0.05) is 17.7 Å². The lowest BCUT2D eigenvalue weighted by Crippen LogP contribution is -2.54. The fourth-order valence-electron chi connectivity index (χ4n) is 3.09. The standard InChI is InChI=1S/C20H30ClN3O3/c1-13-11-14(2)17(16(21)12-13)22-18(25)15(3)23-7-9-24(10-8-23)19(26)27-20(4,5)6/h11-12,15H,7-10H2,1-6H3,(H,22,25). The van der Waals surface area contributed by atoms with Crippen LogP contribution in [0.15, 0.2) is 12.1 Å². The molecule has 0 bridgehead atoms. The first kappa shape index (κ1) is 21.5. The minimum absolute atomic E-state index is 0.102. The minimum atomic E-state index is -0.507. The van der Waals surface area contributed by atoms with Gasteiger partial charge in [-0.25, -0.2) is 4.79 Å². The first-order valence-electron chi connectivity index (χ1n) is 9.27. The molecule has 1 unspecified atom stereocenters. The number of carbonyl (C=O) groups excluding carboxylic acids is 2. The summed E-state index contributed by atoms with van der Waals surface area (Å²) >= 11 is 6.29. The smallest absolute Gasteiger partial charge is 0.410 e. The fourth-order valence-corrected chi connectivity index (χ4v) is 3.45. The van der Waals surface area contributed by atoms with Crippen LogP contribution >= 0.6 is 11.6 Å². The molecule has 27 heavy (non-hydrogen) atoms. The minimum Gasteiger partial charge on any atom is -0.444 e.